The molecule has 0 aliphatic heterocycles. The Morgan fingerprint density at radius 2 is 1.76 bits per heavy atom. The summed E-state index contributed by atoms with van der Waals surface area (Å²) in [7, 11) is 3.62. The van der Waals surface area contributed by atoms with Gasteiger partial charge in [-0.3, -0.25) is 4.79 Å². The molecule has 6 nitrogen and oxygen atoms in total. The molecule has 0 aliphatic carbocycles. The molecule has 7 heteroatoms. The first-order valence-corrected chi connectivity index (χ1v) is 7.59. The summed E-state index contributed by atoms with van der Waals surface area (Å²) in [6.45, 7) is 0. The standard InChI is InChI=1S/C18H16FN5O/c1-23(2)12-16(17(25)13-6-4-3-5-7-13)18-20-21-22-24(18)15-10-8-14(19)9-11-15/h3-12H,1-2H3. The van der Waals surface area contributed by atoms with Crippen molar-refractivity contribution in [2.24, 2.45) is 0 Å². The number of hydrogen-bond donors (Lipinski definition) is 0. The van der Waals surface area contributed by atoms with E-state index in [2.05, 4.69) is 15.5 Å². The van der Waals surface area contributed by atoms with Crippen LogP contribution in [0.15, 0.2) is 60.8 Å². The normalized spacial score (nSPS) is 11.4. The van der Waals surface area contributed by atoms with Gasteiger partial charge in [-0.15, -0.1) is 5.10 Å². The van der Waals surface area contributed by atoms with Crippen LogP contribution in [-0.2, 0) is 0 Å². The second-order valence-electron chi connectivity index (χ2n) is 5.59. The summed E-state index contributed by atoms with van der Waals surface area (Å²) in [5.41, 5.74) is 1.43. The molecule has 0 radical (unpaired) electrons. The molecule has 0 N–H and O–H groups in total. The Morgan fingerprint density at radius 1 is 1.08 bits per heavy atom. The second kappa shape index (κ2) is 7.04. The Morgan fingerprint density at radius 3 is 2.40 bits per heavy atom. The number of allylic oxidation sites excluding steroid dienone is 1. The third kappa shape index (κ3) is 3.60. The van der Waals surface area contributed by atoms with Crippen molar-refractivity contribution in [2.45, 2.75) is 0 Å². The zero-order valence-corrected chi connectivity index (χ0v) is 13.8. The van der Waals surface area contributed by atoms with Crippen LogP contribution < -0.4 is 0 Å². The van der Waals surface area contributed by atoms with Gasteiger partial charge in [-0.05, 0) is 34.7 Å². The summed E-state index contributed by atoms with van der Waals surface area (Å²) in [6.07, 6.45) is 1.67. The number of benzene rings is 2. The fourth-order valence-electron chi connectivity index (χ4n) is 2.33. The topological polar surface area (TPSA) is 63.9 Å². The molecule has 0 saturated carbocycles. The Balaban J connectivity index is 2.09. The fraction of sp³-hybridized carbons (Fsp3) is 0.111. The number of hydrogen-bond acceptors (Lipinski definition) is 5. The van der Waals surface area contributed by atoms with E-state index in [1.54, 1.807) is 47.5 Å². The molecule has 0 saturated heterocycles. The Kier molecular flexibility index (Phi) is 4.65. The lowest BCUT2D eigenvalue weighted by molar-refractivity contribution is 0.105. The van der Waals surface area contributed by atoms with E-state index in [1.165, 1.54) is 16.8 Å². The number of halogens is 1. The minimum absolute atomic E-state index is 0.201. The van der Waals surface area contributed by atoms with Crippen LogP contribution in [-0.4, -0.2) is 45.0 Å². The highest BCUT2D eigenvalue weighted by atomic mass is 19.1. The van der Waals surface area contributed by atoms with E-state index in [0.717, 1.165) is 0 Å². The van der Waals surface area contributed by atoms with Crippen LogP contribution in [0.2, 0.25) is 0 Å². The van der Waals surface area contributed by atoms with Gasteiger partial charge in [-0.1, -0.05) is 30.3 Å². The van der Waals surface area contributed by atoms with Gasteiger partial charge in [0, 0.05) is 25.9 Å². The van der Waals surface area contributed by atoms with E-state index in [1.807, 2.05) is 20.2 Å². The first kappa shape index (κ1) is 16.5. The third-order valence-corrected chi connectivity index (χ3v) is 3.45. The number of nitrogens with zero attached hydrogens (tertiary/aromatic N) is 5. The molecule has 0 amide bonds. The van der Waals surface area contributed by atoms with Crippen LogP contribution in [0.3, 0.4) is 0 Å². The minimum Gasteiger partial charge on any atom is -0.383 e. The van der Waals surface area contributed by atoms with Crippen LogP contribution in [0.1, 0.15) is 16.2 Å². The van der Waals surface area contributed by atoms with E-state index in [9.17, 15) is 9.18 Å². The van der Waals surface area contributed by atoms with Crippen LogP contribution in [0.4, 0.5) is 4.39 Å². The van der Waals surface area contributed by atoms with Crippen LogP contribution in [0.5, 0.6) is 0 Å². The smallest absolute Gasteiger partial charge is 0.198 e. The molecule has 0 spiro atoms. The van der Waals surface area contributed by atoms with Gasteiger partial charge in [0.1, 0.15) is 5.82 Å². The first-order valence-electron chi connectivity index (χ1n) is 7.59. The molecule has 1 heterocycles. The van der Waals surface area contributed by atoms with Gasteiger partial charge < -0.3 is 4.90 Å². The lowest BCUT2D eigenvalue weighted by atomic mass is 10.0. The van der Waals surface area contributed by atoms with Crippen LogP contribution in [0.25, 0.3) is 11.3 Å². The van der Waals surface area contributed by atoms with Gasteiger partial charge in [0.15, 0.2) is 11.6 Å². The second-order valence-corrected chi connectivity index (χ2v) is 5.59. The maximum absolute atomic E-state index is 13.2. The molecule has 0 aliphatic rings. The number of aromatic nitrogens is 4. The van der Waals surface area contributed by atoms with Gasteiger partial charge in [-0.25, -0.2) is 4.39 Å². The molecule has 0 bridgehead atoms. The van der Waals surface area contributed by atoms with E-state index < -0.39 is 0 Å². The quantitative estimate of drug-likeness (QED) is 0.529. The van der Waals surface area contributed by atoms with Crippen molar-refractivity contribution in [3.05, 3.63) is 78.0 Å². The van der Waals surface area contributed by atoms with Crippen molar-refractivity contribution < 1.29 is 9.18 Å². The fourth-order valence-corrected chi connectivity index (χ4v) is 2.33. The maximum Gasteiger partial charge on any atom is 0.198 e. The molecule has 2 aromatic carbocycles. The molecule has 0 atom stereocenters. The SMILES string of the molecule is CN(C)C=C(C(=O)c1ccccc1)c1nnnn1-c1ccc(F)cc1. The van der Waals surface area contributed by atoms with Gasteiger partial charge in [-0.2, -0.15) is 4.68 Å². The van der Waals surface area contributed by atoms with Crippen molar-refractivity contribution in [2.75, 3.05) is 14.1 Å². The van der Waals surface area contributed by atoms with Gasteiger partial charge in [0.05, 0.1) is 11.3 Å². The summed E-state index contributed by atoms with van der Waals surface area (Å²) in [5, 5.41) is 11.6. The number of rotatable bonds is 5. The van der Waals surface area contributed by atoms with Crippen molar-refractivity contribution in [3.63, 3.8) is 0 Å². The monoisotopic (exact) mass is 337 g/mol. The Hall–Kier alpha value is -3.35. The summed E-state index contributed by atoms with van der Waals surface area (Å²) >= 11 is 0. The molecule has 3 aromatic rings. The average molecular weight is 337 g/mol. The van der Waals surface area contributed by atoms with Crippen molar-refractivity contribution in [3.8, 4) is 5.69 Å². The number of ketones is 1. The van der Waals surface area contributed by atoms with Crippen molar-refractivity contribution >= 4 is 11.4 Å². The van der Waals surface area contributed by atoms with Crippen molar-refractivity contribution in [1.29, 1.82) is 0 Å². The van der Waals surface area contributed by atoms with E-state index in [4.69, 9.17) is 0 Å². The molecule has 1 aromatic heterocycles. The van der Waals surface area contributed by atoms with Crippen molar-refractivity contribution in [1.82, 2.24) is 25.1 Å². The van der Waals surface area contributed by atoms with Gasteiger partial charge >= 0.3 is 0 Å². The van der Waals surface area contributed by atoms with Gasteiger partial charge in [0.2, 0.25) is 0 Å². The summed E-state index contributed by atoms with van der Waals surface area (Å²) in [4.78, 5) is 14.7. The van der Waals surface area contributed by atoms with Gasteiger partial charge in [0.25, 0.3) is 0 Å². The molecule has 126 valence electrons. The number of carbonyl (C=O) groups excluding carboxylic acids is 1. The predicted molar refractivity (Wildman–Crippen MR) is 91.5 cm³/mol. The molecule has 0 unspecified atom stereocenters. The summed E-state index contributed by atoms with van der Waals surface area (Å²) in [5.74, 6) is -0.274. The highest BCUT2D eigenvalue weighted by Crippen LogP contribution is 2.20. The molecule has 3 rings (SSSR count). The zero-order valence-electron chi connectivity index (χ0n) is 13.8. The van der Waals surface area contributed by atoms with E-state index in [0.29, 0.717) is 16.8 Å². The lowest BCUT2D eigenvalue weighted by Crippen LogP contribution is -2.13. The molecular formula is C18H16FN5O. The van der Waals surface area contributed by atoms with Crippen LogP contribution in [0, 0.1) is 5.82 Å². The number of tetrazole rings is 1. The number of carbonyl (C=O) groups is 1. The average Bonchev–Trinajstić information content (AvgIpc) is 3.10. The maximum atomic E-state index is 13.2. The third-order valence-electron chi connectivity index (χ3n) is 3.45. The number of Topliss-reactive ketones (excluding diaryl/α,β-unsaturated/α-hetero) is 1. The van der Waals surface area contributed by atoms with Crippen LogP contribution >= 0.6 is 0 Å². The highest BCUT2D eigenvalue weighted by molar-refractivity contribution is 6.28. The zero-order chi connectivity index (χ0) is 17.8. The molecule has 25 heavy (non-hydrogen) atoms. The molecule has 0 fully saturated rings. The Bertz CT molecular complexity index is 901. The largest absolute Gasteiger partial charge is 0.383 e. The minimum atomic E-state index is -0.359. The van der Waals surface area contributed by atoms with E-state index >= 15 is 0 Å². The summed E-state index contributed by atoms with van der Waals surface area (Å²) < 4.78 is 14.6. The van der Waals surface area contributed by atoms with E-state index in [-0.39, 0.29) is 17.4 Å². The summed E-state index contributed by atoms with van der Waals surface area (Å²) in [6, 6.07) is 14.6. The first-order chi connectivity index (χ1) is 12.1. The Labute approximate surface area is 144 Å². The molecular weight excluding hydrogens is 321 g/mol. The highest BCUT2D eigenvalue weighted by Gasteiger charge is 2.21. The predicted octanol–water partition coefficient (Wildman–Crippen LogP) is 2.59. The lowest BCUT2D eigenvalue weighted by Gasteiger charge is -2.11.